The zero-order valence-corrected chi connectivity index (χ0v) is 13.0. The topological polar surface area (TPSA) is 26.0 Å². The first kappa shape index (κ1) is 13.9. The lowest BCUT2D eigenvalue weighted by atomic mass is 10.1. The molecule has 1 atom stereocenters. The van der Waals surface area contributed by atoms with Gasteiger partial charge in [0.15, 0.2) is 0 Å². The fourth-order valence-corrected chi connectivity index (χ4v) is 3.45. The van der Waals surface area contributed by atoms with Gasteiger partial charge in [-0.15, -0.1) is 0 Å². The van der Waals surface area contributed by atoms with Gasteiger partial charge in [-0.2, -0.15) is 0 Å². The van der Waals surface area contributed by atoms with Crippen LogP contribution in [0.3, 0.4) is 0 Å². The van der Waals surface area contributed by atoms with E-state index < -0.39 is 0 Å². The molecule has 0 saturated carbocycles. The summed E-state index contributed by atoms with van der Waals surface area (Å²) in [5, 5.41) is 0.757. The number of nitrogens with two attached hydrogens (primary N) is 1. The molecule has 0 saturated heterocycles. The van der Waals surface area contributed by atoms with Crippen LogP contribution in [-0.2, 0) is 0 Å². The Kier molecular flexibility index (Phi) is 4.73. The lowest BCUT2D eigenvalue weighted by Gasteiger charge is -2.10. The van der Waals surface area contributed by atoms with Crippen LogP contribution in [0.2, 0.25) is 5.02 Å². The van der Waals surface area contributed by atoms with Crippen molar-refractivity contribution in [3.63, 3.8) is 0 Å². The van der Waals surface area contributed by atoms with E-state index in [1.807, 2.05) is 31.2 Å². The van der Waals surface area contributed by atoms with E-state index in [4.69, 9.17) is 17.3 Å². The van der Waals surface area contributed by atoms with Crippen molar-refractivity contribution in [3.05, 3.63) is 57.5 Å². The molecule has 0 aliphatic carbocycles. The van der Waals surface area contributed by atoms with E-state index in [0.29, 0.717) is 0 Å². The number of halogens is 2. The SMILES string of the molecule is C[C@H](N)c1ccc(Sc2ccc(Cl)cc2)cc1Br. The van der Waals surface area contributed by atoms with Crippen LogP contribution in [0, 0.1) is 0 Å². The van der Waals surface area contributed by atoms with Crippen LogP contribution in [-0.4, -0.2) is 0 Å². The highest BCUT2D eigenvalue weighted by Gasteiger charge is 2.06. The quantitative estimate of drug-likeness (QED) is 0.822. The lowest BCUT2D eigenvalue weighted by Crippen LogP contribution is -2.05. The van der Waals surface area contributed by atoms with Gasteiger partial charge in [0.2, 0.25) is 0 Å². The lowest BCUT2D eigenvalue weighted by molar-refractivity contribution is 0.811. The van der Waals surface area contributed by atoms with E-state index in [9.17, 15) is 0 Å². The van der Waals surface area contributed by atoms with Crippen LogP contribution in [0.1, 0.15) is 18.5 Å². The van der Waals surface area contributed by atoms with Gasteiger partial charge in [0.05, 0.1) is 0 Å². The molecular formula is C14H13BrClNS. The fourth-order valence-electron chi connectivity index (χ4n) is 1.58. The summed E-state index contributed by atoms with van der Waals surface area (Å²) in [5.74, 6) is 0. The molecule has 0 aliphatic rings. The van der Waals surface area contributed by atoms with Gasteiger partial charge in [0.1, 0.15) is 0 Å². The molecule has 18 heavy (non-hydrogen) atoms. The third-order valence-corrected chi connectivity index (χ3v) is 4.45. The van der Waals surface area contributed by atoms with Crippen molar-refractivity contribution in [1.82, 2.24) is 0 Å². The minimum absolute atomic E-state index is 0.0361. The normalized spacial score (nSPS) is 12.4. The summed E-state index contributed by atoms with van der Waals surface area (Å²) in [4.78, 5) is 2.34. The Labute approximate surface area is 125 Å². The predicted molar refractivity (Wildman–Crippen MR) is 82.3 cm³/mol. The third kappa shape index (κ3) is 3.51. The Hall–Kier alpha value is -0.480. The molecule has 0 unspecified atom stereocenters. The molecule has 0 heterocycles. The van der Waals surface area contributed by atoms with Gasteiger partial charge < -0.3 is 5.73 Å². The zero-order valence-electron chi connectivity index (χ0n) is 9.86. The second-order valence-electron chi connectivity index (χ2n) is 4.03. The molecular weight excluding hydrogens is 330 g/mol. The number of rotatable bonds is 3. The van der Waals surface area contributed by atoms with Crippen LogP contribution < -0.4 is 5.73 Å². The average Bonchev–Trinajstić information content (AvgIpc) is 2.32. The van der Waals surface area contributed by atoms with E-state index in [0.717, 1.165) is 15.1 Å². The third-order valence-electron chi connectivity index (χ3n) is 2.51. The highest BCUT2D eigenvalue weighted by Crippen LogP contribution is 2.32. The molecule has 0 fully saturated rings. The standard InChI is InChI=1S/C14H13BrClNS/c1-9(17)13-7-6-12(8-14(13)15)18-11-4-2-10(16)3-5-11/h2-9H,17H2,1H3/t9-/m0/s1. The van der Waals surface area contributed by atoms with Gasteiger partial charge in [0, 0.05) is 25.3 Å². The molecule has 0 bridgehead atoms. The van der Waals surface area contributed by atoms with Gasteiger partial charge in [-0.05, 0) is 48.9 Å². The minimum atomic E-state index is 0.0361. The van der Waals surface area contributed by atoms with Crippen LogP contribution in [0.4, 0.5) is 0 Å². The molecule has 1 nitrogen and oxygen atoms in total. The molecule has 0 radical (unpaired) electrons. The summed E-state index contributed by atoms with van der Waals surface area (Å²) in [7, 11) is 0. The first-order chi connectivity index (χ1) is 8.56. The molecule has 4 heteroatoms. The van der Waals surface area contributed by atoms with Crippen molar-refractivity contribution in [2.24, 2.45) is 5.73 Å². The minimum Gasteiger partial charge on any atom is -0.324 e. The van der Waals surface area contributed by atoms with Crippen molar-refractivity contribution in [2.45, 2.75) is 22.8 Å². The first-order valence-corrected chi connectivity index (χ1v) is 7.53. The summed E-state index contributed by atoms with van der Waals surface area (Å²) in [6, 6.07) is 14.1. The summed E-state index contributed by atoms with van der Waals surface area (Å²) in [6.45, 7) is 1.98. The van der Waals surface area contributed by atoms with Crippen molar-refractivity contribution in [1.29, 1.82) is 0 Å². The largest absolute Gasteiger partial charge is 0.324 e. The molecule has 94 valence electrons. The number of hydrogen-bond acceptors (Lipinski definition) is 2. The van der Waals surface area contributed by atoms with Crippen LogP contribution in [0.5, 0.6) is 0 Å². The van der Waals surface area contributed by atoms with Crippen molar-refractivity contribution >= 4 is 39.3 Å². The van der Waals surface area contributed by atoms with E-state index in [-0.39, 0.29) is 6.04 Å². The van der Waals surface area contributed by atoms with E-state index in [1.165, 1.54) is 9.79 Å². The maximum absolute atomic E-state index is 5.88. The Bertz CT molecular complexity index is 540. The maximum Gasteiger partial charge on any atom is 0.0406 e. The van der Waals surface area contributed by atoms with Crippen LogP contribution >= 0.6 is 39.3 Å². The molecule has 2 aromatic rings. The number of hydrogen-bond donors (Lipinski definition) is 1. The molecule has 2 rings (SSSR count). The van der Waals surface area contributed by atoms with Gasteiger partial charge in [-0.1, -0.05) is 45.4 Å². The van der Waals surface area contributed by atoms with Gasteiger partial charge >= 0.3 is 0 Å². The molecule has 0 amide bonds. The Morgan fingerprint density at radius 3 is 2.28 bits per heavy atom. The van der Waals surface area contributed by atoms with Crippen molar-refractivity contribution in [3.8, 4) is 0 Å². The Morgan fingerprint density at radius 2 is 1.72 bits per heavy atom. The van der Waals surface area contributed by atoms with Crippen molar-refractivity contribution < 1.29 is 0 Å². The summed E-state index contributed by atoms with van der Waals surface area (Å²) >= 11 is 11.1. The first-order valence-electron chi connectivity index (χ1n) is 5.54. The molecule has 2 N–H and O–H groups in total. The van der Waals surface area contributed by atoms with E-state index >= 15 is 0 Å². The zero-order chi connectivity index (χ0) is 13.1. The van der Waals surface area contributed by atoms with E-state index in [2.05, 4.69) is 34.1 Å². The Morgan fingerprint density at radius 1 is 1.11 bits per heavy atom. The summed E-state index contributed by atoms with van der Waals surface area (Å²) < 4.78 is 1.05. The predicted octanol–water partition coefficient (Wildman–Crippen LogP) is 5.27. The molecule has 0 aromatic heterocycles. The second kappa shape index (κ2) is 6.11. The highest BCUT2D eigenvalue weighted by atomic mass is 79.9. The summed E-state index contributed by atoms with van der Waals surface area (Å²) in [6.07, 6.45) is 0. The van der Waals surface area contributed by atoms with Crippen LogP contribution in [0.25, 0.3) is 0 Å². The van der Waals surface area contributed by atoms with Crippen molar-refractivity contribution in [2.75, 3.05) is 0 Å². The second-order valence-corrected chi connectivity index (χ2v) is 6.47. The summed E-state index contributed by atoms with van der Waals surface area (Å²) in [5.41, 5.74) is 7.00. The smallest absolute Gasteiger partial charge is 0.0406 e. The van der Waals surface area contributed by atoms with Gasteiger partial charge in [0.25, 0.3) is 0 Å². The maximum atomic E-state index is 5.88. The Balaban J connectivity index is 2.20. The fraction of sp³-hybridized carbons (Fsp3) is 0.143. The van der Waals surface area contributed by atoms with Gasteiger partial charge in [-0.25, -0.2) is 0 Å². The van der Waals surface area contributed by atoms with Gasteiger partial charge in [-0.3, -0.25) is 0 Å². The molecule has 2 aromatic carbocycles. The molecule has 0 aliphatic heterocycles. The molecule has 0 spiro atoms. The van der Waals surface area contributed by atoms with Crippen LogP contribution in [0.15, 0.2) is 56.7 Å². The van der Waals surface area contributed by atoms with E-state index in [1.54, 1.807) is 11.8 Å². The number of benzene rings is 2. The average molecular weight is 343 g/mol. The monoisotopic (exact) mass is 341 g/mol. The highest BCUT2D eigenvalue weighted by molar-refractivity contribution is 9.10.